The molecule has 2 aliphatic carbocycles. The molecule has 7 nitrogen and oxygen atoms in total. The van der Waals surface area contributed by atoms with Crippen molar-refractivity contribution in [1.29, 1.82) is 5.41 Å². The van der Waals surface area contributed by atoms with E-state index in [1.807, 2.05) is 12.1 Å². The van der Waals surface area contributed by atoms with Crippen molar-refractivity contribution in [3.8, 4) is 11.5 Å². The van der Waals surface area contributed by atoms with Crippen LogP contribution in [0.1, 0.15) is 17.5 Å². The van der Waals surface area contributed by atoms with Crippen molar-refractivity contribution in [2.75, 3.05) is 13.6 Å². The number of nitrogens with one attached hydrogen (secondary N) is 1. The second-order valence-corrected chi connectivity index (χ2v) is 7.39. The summed E-state index contributed by atoms with van der Waals surface area (Å²) in [6, 6.07) is 4.23. The Morgan fingerprint density at radius 2 is 2.08 bits per heavy atom. The monoisotopic (exact) mass is 344 g/mol. The summed E-state index contributed by atoms with van der Waals surface area (Å²) in [5.74, 6) is 0.856. The maximum atomic E-state index is 10.4. The Bertz CT molecular complexity index is 761. The van der Waals surface area contributed by atoms with Crippen LogP contribution >= 0.6 is 0 Å². The predicted octanol–water partition coefficient (Wildman–Crippen LogP) is 0.0367. The Labute approximate surface area is 146 Å². The molecule has 0 radical (unpaired) electrons. The van der Waals surface area contributed by atoms with Gasteiger partial charge in [0.1, 0.15) is 12.2 Å². The van der Waals surface area contributed by atoms with Gasteiger partial charge in [-0.15, -0.1) is 0 Å². The van der Waals surface area contributed by atoms with Gasteiger partial charge in [0, 0.05) is 22.9 Å². The first-order chi connectivity index (χ1) is 11.9. The maximum Gasteiger partial charge on any atom is 0.183 e. The maximum absolute atomic E-state index is 10.4. The van der Waals surface area contributed by atoms with E-state index in [0.29, 0.717) is 17.7 Å². The lowest BCUT2D eigenvalue weighted by Crippen LogP contribution is -2.64. The van der Waals surface area contributed by atoms with Crippen molar-refractivity contribution in [3.63, 3.8) is 0 Å². The number of rotatable bonds is 0. The molecule has 134 valence electrons. The molecule has 0 unspecified atom stereocenters. The zero-order valence-electron chi connectivity index (χ0n) is 14.1. The van der Waals surface area contributed by atoms with Gasteiger partial charge in [-0.2, -0.15) is 0 Å². The summed E-state index contributed by atoms with van der Waals surface area (Å²) in [5, 5.41) is 26.7. The van der Waals surface area contributed by atoms with Crippen LogP contribution < -0.4 is 16.2 Å². The first kappa shape index (κ1) is 16.2. The first-order valence-electron chi connectivity index (χ1n) is 8.54. The van der Waals surface area contributed by atoms with Gasteiger partial charge in [-0.05, 0) is 38.1 Å². The van der Waals surface area contributed by atoms with Crippen LogP contribution in [0, 0.1) is 11.3 Å². The molecule has 0 amide bonds. The Kier molecular flexibility index (Phi) is 3.49. The van der Waals surface area contributed by atoms with Crippen molar-refractivity contribution < 1.29 is 14.9 Å². The number of phenols is 1. The van der Waals surface area contributed by atoms with E-state index in [1.54, 1.807) is 6.07 Å². The molecule has 5 rings (SSSR count). The summed E-state index contributed by atoms with van der Waals surface area (Å²) in [6.07, 6.45) is 5.18. The SMILES string of the molecule is CN1CC[C@]23c4c5ccc(O)c4O[C@H]2[C@@H](O)C=C[C@H]3[C@H]1C5.N=C(N)N. The number of guanidine groups is 1. The first-order valence-corrected chi connectivity index (χ1v) is 8.54. The summed E-state index contributed by atoms with van der Waals surface area (Å²) in [4.78, 5) is 2.43. The lowest BCUT2D eigenvalue weighted by atomic mass is 9.53. The third-order valence-electron chi connectivity index (χ3n) is 6.15. The van der Waals surface area contributed by atoms with Crippen LogP contribution in [0.15, 0.2) is 24.3 Å². The van der Waals surface area contributed by atoms with Crippen LogP contribution in [-0.2, 0) is 11.8 Å². The van der Waals surface area contributed by atoms with Gasteiger partial charge in [-0.25, -0.2) is 0 Å². The number of ether oxygens (including phenoxy) is 1. The minimum Gasteiger partial charge on any atom is -0.504 e. The molecule has 1 saturated heterocycles. The fraction of sp³-hybridized carbons (Fsp3) is 0.500. The number of benzene rings is 1. The third kappa shape index (κ3) is 2.09. The number of phenolic OH excluding ortho intramolecular Hbond substituents is 1. The highest BCUT2D eigenvalue weighted by Gasteiger charge is 2.64. The van der Waals surface area contributed by atoms with E-state index in [1.165, 1.54) is 11.1 Å². The van der Waals surface area contributed by atoms with Gasteiger partial charge in [0.25, 0.3) is 0 Å². The van der Waals surface area contributed by atoms with Gasteiger partial charge in [0.05, 0.1) is 0 Å². The number of hydrogen-bond donors (Lipinski definition) is 5. The standard InChI is InChI=1S/C17H19NO3.CH5N3/c1-18-7-6-17-10-3-5-13(20)16(17)21-15-12(19)4-2-9(14(15)17)8-11(10)18;2-1(3)4/h2-5,10-11,13,16,19-20H,6-8H2,1H3;(H5,2,3,4)/t10-,11+,13-,16-,17-;/m0./s1. The molecule has 4 aliphatic rings. The molecule has 5 atom stereocenters. The van der Waals surface area contributed by atoms with E-state index < -0.39 is 6.10 Å². The summed E-state index contributed by atoms with van der Waals surface area (Å²) < 4.78 is 6.09. The molecule has 1 spiro atoms. The molecule has 7 heteroatoms. The smallest absolute Gasteiger partial charge is 0.183 e. The van der Waals surface area contributed by atoms with Crippen LogP contribution in [0.4, 0.5) is 0 Å². The lowest BCUT2D eigenvalue weighted by Gasteiger charge is -2.56. The lowest BCUT2D eigenvalue weighted by molar-refractivity contribution is -0.0453. The number of piperidine rings is 1. The largest absolute Gasteiger partial charge is 0.504 e. The van der Waals surface area contributed by atoms with Crippen LogP contribution in [0.3, 0.4) is 0 Å². The number of nitrogens with zero attached hydrogens (tertiary/aromatic N) is 1. The summed E-state index contributed by atoms with van der Waals surface area (Å²) in [6.45, 7) is 1.01. The third-order valence-corrected chi connectivity index (χ3v) is 6.15. The van der Waals surface area contributed by atoms with Gasteiger partial charge >= 0.3 is 0 Å². The van der Waals surface area contributed by atoms with Gasteiger partial charge in [0.2, 0.25) is 0 Å². The number of likely N-dealkylation sites (tertiary alicyclic amines) is 1. The highest BCUT2D eigenvalue weighted by atomic mass is 16.5. The van der Waals surface area contributed by atoms with Crippen LogP contribution in [0.2, 0.25) is 0 Å². The highest BCUT2D eigenvalue weighted by Crippen LogP contribution is 2.62. The fourth-order valence-electron chi connectivity index (χ4n) is 5.24. The van der Waals surface area contributed by atoms with E-state index in [0.717, 1.165) is 19.4 Å². The number of likely N-dealkylation sites (N-methyl/N-ethyl adjacent to an activating group) is 1. The quantitative estimate of drug-likeness (QED) is 0.257. The molecule has 2 bridgehead atoms. The van der Waals surface area contributed by atoms with Crippen LogP contribution in [0.5, 0.6) is 11.5 Å². The summed E-state index contributed by atoms with van der Waals surface area (Å²) in [7, 11) is 2.19. The fourth-order valence-corrected chi connectivity index (χ4v) is 5.24. The molecule has 0 aromatic heterocycles. The minimum absolute atomic E-state index is 0.160. The van der Waals surface area contributed by atoms with Gasteiger partial charge < -0.3 is 31.3 Å². The highest BCUT2D eigenvalue weighted by molar-refractivity contribution is 5.71. The predicted molar refractivity (Wildman–Crippen MR) is 93.7 cm³/mol. The molecule has 1 fully saturated rings. The van der Waals surface area contributed by atoms with Crippen molar-refractivity contribution in [2.24, 2.45) is 17.4 Å². The number of hydrogen-bond acceptors (Lipinski definition) is 5. The van der Waals surface area contributed by atoms with E-state index in [4.69, 9.17) is 10.1 Å². The average molecular weight is 344 g/mol. The second-order valence-electron chi connectivity index (χ2n) is 7.39. The summed E-state index contributed by atoms with van der Waals surface area (Å²) >= 11 is 0. The topological polar surface area (TPSA) is 129 Å². The van der Waals surface area contributed by atoms with E-state index >= 15 is 0 Å². The average Bonchev–Trinajstić information content (AvgIpc) is 2.90. The molecule has 1 aromatic rings. The normalized spacial score (nSPS) is 36.7. The number of aliphatic hydroxyl groups is 1. The van der Waals surface area contributed by atoms with Gasteiger partial charge in [-0.1, -0.05) is 18.2 Å². The van der Waals surface area contributed by atoms with E-state index in [2.05, 4.69) is 29.5 Å². The van der Waals surface area contributed by atoms with Gasteiger partial charge in [-0.3, -0.25) is 5.41 Å². The van der Waals surface area contributed by atoms with Crippen molar-refractivity contribution in [1.82, 2.24) is 4.90 Å². The Balaban J connectivity index is 0.000000358. The van der Waals surface area contributed by atoms with E-state index in [-0.39, 0.29) is 23.2 Å². The Hall–Kier alpha value is -2.25. The van der Waals surface area contributed by atoms with Gasteiger partial charge in [0.15, 0.2) is 17.5 Å². The minimum atomic E-state index is -0.594. The van der Waals surface area contributed by atoms with Crippen molar-refractivity contribution in [2.45, 2.75) is 36.5 Å². The molecule has 1 aromatic carbocycles. The van der Waals surface area contributed by atoms with Crippen molar-refractivity contribution in [3.05, 3.63) is 35.4 Å². The molecule has 0 saturated carbocycles. The molecular weight excluding hydrogens is 320 g/mol. The number of nitrogens with two attached hydrogens (primary N) is 2. The van der Waals surface area contributed by atoms with Crippen molar-refractivity contribution >= 4 is 5.96 Å². The Morgan fingerprint density at radius 1 is 1.36 bits per heavy atom. The van der Waals surface area contributed by atoms with Crippen LogP contribution in [-0.4, -0.2) is 52.9 Å². The molecule has 25 heavy (non-hydrogen) atoms. The number of aliphatic hydroxyl groups excluding tert-OH is 1. The zero-order valence-corrected chi connectivity index (χ0v) is 14.1. The zero-order chi connectivity index (χ0) is 17.9. The molecule has 2 heterocycles. The molecular formula is C18H24N4O3. The second kappa shape index (κ2) is 5.37. The Morgan fingerprint density at radius 3 is 2.80 bits per heavy atom. The summed E-state index contributed by atoms with van der Waals surface area (Å²) in [5.41, 5.74) is 11.2. The van der Waals surface area contributed by atoms with E-state index in [9.17, 15) is 10.2 Å². The molecule has 2 aliphatic heterocycles. The molecule has 7 N–H and O–H groups in total. The number of aromatic hydroxyl groups is 1. The van der Waals surface area contributed by atoms with Crippen LogP contribution in [0.25, 0.3) is 0 Å².